The molecule has 3 N–H and O–H groups in total. The summed E-state index contributed by atoms with van der Waals surface area (Å²) in [5, 5.41) is 12.7. The second kappa shape index (κ2) is 14.1. The molecule has 2 aliphatic rings. The number of nitrogens with two attached hydrogens (primary N) is 1. The number of nitrogen functional groups attached to an aromatic ring is 1. The Morgan fingerprint density at radius 1 is 1.03 bits per heavy atom. The zero-order chi connectivity index (χ0) is 27.8. The summed E-state index contributed by atoms with van der Waals surface area (Å²) in [5.74, 6) is -2.27. The number of nitro groups is 1. The summed E-state index contributed by atoms with van der Waals surface area (Å²) in [6, 6.07) is 8.36. The van der Waals surface area contributed by atoms with Crippen molar-refractivity contribution in [2.45, 2.75) is 57.9 Å². The van der Waals surface area contributed by atoms with Crippen LogP contribution in [0.4, 0.5) is 30.2 Å². The minimum Gasteiger partial charge on any atom is -0.398 e. The normalized spacial score (nSPS) is 18.8. The fourth-order valence-electron chi connectivity index (χ4n) is 3.80. The van der Waals surface area contributed by atoms with E-state index in [1.54, 1.807) is 5.32 Å². The molecule has 2 heterocycles. The molecule has 204 valence electrons. The fourth-order valence-corrected chi connectivity index (χ4v) is 4.64. The van der Waals surface area contributed by atoms with E-state index in [-0.39, 0.29) is 11.7 Å². The second-order valence-electron chi connectivity index (χ2n) is 7.87. The SMILES string of the molecule is CC.Nc1ccc(Br)cc1C1CCCO1.O=C(Nc1c(C2CCCO2)cc(Br)cc1[N+](=O)[O-])C(F)(F)F. The van der Waals surface area contributed by atoms with E-state index in [9.17, 15) is 28.1 Å². The maximum Gasteiger partial charge on any atom is 0.471 e. The van der Waals surface area contributed by atoms with Crippen molar-refractivity contribution < 1.29 is 32.4 Å². The number of nitrogens with zero attached hydrogens (tertiary/aromatic N) is 1. The van der Waals surface area contributed by atoms with E-state index in [2.05, 4.69) is 31.9 Å². The Morgan fingerprint density at radius 3 is 2.05 bits per heavy atom. The smallest absolute Gasteiger partial charge is 0.398 e. The van der Waals surface area contributed by atoms with Gasteiger partial charge < -0.3 is 20.5 Å². The second-order valence-corrected chi connectivity index (χ2v) is 9.71. The molecule has 8 nitrogen and oxygen atoms in total. The highest BCUT2D eigenvalue weighted by atomic mass is 79.9. The Balaban J connectivity index is 0.000000272. The maximum atomic E-state index is 12.4. The van der Waals surface area contributed by atoms with Crippen LogP contribution in [0.2, 0.25) is 0 Å². The minimum absolute atomic E-state index is 0.149. The standard InChI is InChI=1S/C12H10BrF3N2O4.C10H12BrNO.C2H6/c13-6-4-7(9-2-1-3-22-9)10(8(5-6)18(20)21)17-11(19)12(14,15)16;11-7-3-4-9(12)8(6-7)10-2-1-5-13-10;1-2/h4-5,9H,1-3H2,(H,17,19);3-4,6,10H,1-2,5,12H2;1-2H3. The minimum atomic E-state index is -5.14. The van der Waals surface area contributed by atoms with E-state index in [0.29, 0.717) is 23.9 Å². The van der Waals surface area contributed by atoms with Crippen LogP contribution in [0.5, 0.6) is 0 Å². The number of carbonyl (C=O) groups excluding carboxylic acids is 1. The van der Waals surface area contributed by atoms with Gasteiger partial charge in [-0.05, 0) is 49.9 Å². The Morgan fingerprint density at radius 2 is 1.57 bits per heavy atom. The van der Waals surface area contributed by atoms with Gasteiger partial charge in [0.1, 0.15) is 5.69 Å². The van der Waals surface area contributed by atoms with Gasteiger partial charge in [0.15, 0.2) is 0 Å². The molecule has 2 unspecified atom stereocenters. The predicted molar refractivity (Wildman–Crippen MR) is 141 cm³/mol. The summed E-state index contributed by atoms with van der Waals surface area (Å²) in [6.45, 7) is 5.26. The van der Waals surface area contributed by atoms with Crippen LogP contribution in [-0.2, 0) is 14.3 Å². The van der Waals surface area contributed by atoms with Crippen LogP contribution in [-0.4, -0.2) is 30.2 Å². The van der Waals surface area contributed by atoms with Gasteiger partial charge in [0.05, 0.1) is 17.1 Å². The maximum absolute atomic E-state index is 12.4. The van der Waals surface area contributed by atoms with Gasteiger partial charge in [-0.1, -0.05) is 45.7 Å². The van der Waals surface area contributed by atoms with Crippen LogP contribution in [0.15, 0.2) is 39.3 Å². The van der Waals surface area contributed by atoms with Gasteiger partial charge in [0.25, 0.3) is 5.69 Å². The zero-order valence-electron chi connectivity index (χ0n) is 20.2. The Bertz CT molecular complexity index is 1090. The van der Waals surface area contributed by atoms with Gasteiger partial charge in [-0.2, -0.15) is 13.2 Å². The zero-order valence-corrected chi connectivity index (χ0v) is 23.4. The molecule has 0 spiro atoms. The molecular weight excluding hydrogens is 627 g/mol. The Kier molecular flexibility index (Phi) is 11.8. The molecule has 0 saturated carbocycles. The van der Waals surface area contributed by atoms with E-state index < -0.39 is 34.5 Å². The first-order valence-electron chi connectivity index (χ1n) is 11.6. The number of alkyl halides is 3. The topological polar surface area (TPSA) is 117 Å². The number of amides is 1. The molecule has 13 heteroatoms. The number of carbonyl (C=O) groups is 1. The predicted octanol–water partition coefficient (Wildman–Crippen LogP) is 7.62. The van der Waals surface area contributed by atoms with Crippen molar-refractivity contribution >= 4 is 54.8 Å². The highest BCUT2D eigenvalue weighted by Gasteiger charge is 2.41. The van der Waals surface area contributed by atoms with E-state index in [1.807, 2.05) is 32.0 Å². The molecule has 0 aromatic heterocycles. The van der Waals surface area contributed by atoms with E-state index in [0.717, 1.165) is 41.2 Å². The first-order valence-corrected chi connectivity index (χ1v) is 13.2. The largest absolute Gasteiger partial charge is 0.471 e. The highest BCUT2D eigenvalue weighted by molar-refractivity contribution is 9.10. The summed E-state index contributed by atoms with van der Waals surface area (Å²) < 4.78 is 49.6. The Hall–Kier alpha value is -2.22. The van der Waals surface area contributed by atoms with Crippen molar-refractivity contribution in [1.29, 1.82) is 0 Å². The number of hydrogen-bond donors (Lipinski definition) is 2. The molecule has 0 radical (unpaired) electrons. The average molecular weight is 655 g/mol. The fraction of sp³-hybridized carbons (Fsp3) is 0.458. The van der Waals surface area contributed by atoms with Gasteiger partial charge in [-0.15, -0.1) is 0 Å². The lowest BCUT2D eigenvalue weighted by Gasteiger charge is -2.17. The average Bonchev–Trinajstić information content (AvgIpc) is 3.57. The third-order valence-electron chi connectivity index (χ3n) is 5.41. The molecule has 0 aliphatic carbocycles. The van der Waals surface area contributed by atoms with Crippen molar-refractivity contribution in [3.05, 3.63) is 60.5 Å². The molecule has 4 rings (SSSR count). The lowest BCUT2D eigenvalue weighted by atomic mass is 10.0. The number of nitro benzene ring substituents is 1. The van der Waals surface area contributed by atoms with Crippen LogP contribution < -0.4 is 11.1 Å². The number of nitrogens with one attached hydrogen (secondary N) is 1. The molecule has 0 bridgehead atoms. The highest BCUT2D eigenvalue weighted by Crippen LogP contribution is 2.41. The van der Waals surface area contributed by atoms with Crippen molar-refractivity contribution in [3.63, 3.8) is 0 Å². The summed E-state index contributed by atoms with van der Waals surface area (Å²) in [5.41, 5.74) is 6.85. The van der Waals surface area contributed by atoms with Crippen molar-refractivity contribution in [2.75, 3.05) is 24.3 Å². The van der Waals surface area contributed by atoms with Crippen LogP contribution in [0.1, 0.15) is 62.9 Å². The van der Waals surface area contributed by atoms with Crippen molar-refractivity contribution in [2.24, 2.45) is 0 Å². The van der Waals surface area contributed by atoms with Crippen molar-refractivity contribution in [3.8, 4) is 0 Å². The van der Waals surface area contributed by atoms with Crippen LogP contribution in [0.3, 0.4) is 0 Å². The first-order chi connectivity index (χ1) is 17.5. The van der Waals surface area contributed by atoms with Gasteiger partial charge in [0, 0.05) is 45.0 Å². The number of halogens is 5. The quantitative estimate of drug-likeness (QED) is 0.199. The Labute approximate surface area is 229 Å². The third-order valence-corrected chi connectivity index (χ3v) is 6.36. The molecule has 1 amide bonds. The molecule has 2 aromatic carbocycles. The number of anilines is 2. The van der Waals surface area contributed by atoms with Crippen LogP contribution in [0.25, 0.3) is 0 Å². The van der Waals surface area contributed by atoms with Crippen molar-refractivity contribution in [1.82, 2.24) is 0 Å². The van der Waals surface area contributed by atoms with Gasteiger partial charge in [-0.3, -0.25) is 14.9 Å². The number of benzene rings is 2. The monoisotopic (exact) mass is 653 g/mol. The van der Waals surface area contributed by atoms with Gasteiger partial charge >= 0.3 is 12.1 Å². The third kappa shape index (κ3) is 8.66. The van der Waals surface area contributed by atoms with E-state index >= 15 is 0 Å². The number of ether oxygens (including phenoxy) is 2. The number of hydrogen-bond acceptors (Lipinski definition) is 6. The summed E-state index contributed by atoms with van der Waals surface area (Å²) >= 11 is 6.51. The molecule has 2 aromatic rings. The summed E-state index contributed by atoms with van der Waals surface area (Å²) in [6.07, 6.45) is -2.14. The first kappa shape index (κ1) is 31.0. The molecule has 2 saturated heterocycles. The van der Waals surface area contributed by atoms with Crippen LogP contribution >= 0.6 is 31.9 Å². The molecular formula is C24H28Br2F3N3O5. The molecule has 2 atom stereocenters. The van der Waals surface area contributed by atoms with E-state index in [1.165, 1.54) is 6.07 Å². The number of rotatable bonds is 4. The summed E-state index contributed by atoms with van der Waals surface area (Å²) in [4.78, 5) is 21.4. The lowest BCUT2D eigenvalue weighted by molar-refractivity contribution is -0.384. The van der Waals surface area contributed by atoms with E-state index in [4.69, 9.17) is 15.2 Å². The van der Waals surface area contributed by atoms with Gasteiger partial charge in [-0.25, -0.2) is 0 Å². The summed E-state index contributed by atoms with van der Waals surface area (Å²) in [7, 11) is 0. The molecule has 37 heavy (non-hydrogen) atoms. The lowest BCUT2D eigenvalue weighted by Crippen LogP contribution is -2.30. The molecule has 2 fully saturated rings. The van der Waals surface area contributed by atoms with Gasteiger partial charge in [0.2, 0.25) is 0 Å². The molecule has 2 aliphatic heterocycles. The van der Waals surface area contributed by atoms with Crippen LogP contribution in [0, 0.1) is 10.1 Å².